The second-order valence-electron chi connectivity index (χ2n) is 4.60. The summed E-state index contributed by atoms with van der Waals surface area (Å²) in [5.74, 6) is 0. The molecule has 0 aliphatic heterocycles. The minimum absolute atomic E-state index is 0.767. The number of nitrogens with zero attached hydrogens (tertiary/aromatic N) is 3. The van der Waals surface area contributed by atoms with Crippen molar-refractivity contribution in [2.75, 3.05) is 0 Å². The number of hydrogen-bond acceptors (Lipinski definition) is 2. The van der Waals surface area contributed by atoms with Gasteiger partial charge in [-0.2, -0.15) is 10.4 Å². The summed E-state index contributed by atoms with van der Waals surface area (Å²) in [5, 5.41) is 13.2. The number of unbranched alkanes of at least 4 members (excludes halogenated alkanes) is 3. The molecule has 0 N–H and O–H groups in total. The van der Waals surface area contributed by atoms with Crippen molar-refractivity contribution in [2.45, 2.75) is 66.2 Å². The highest BCUT2D eigenvalue weighted by molar-refractivity contribution is 5.37. The normalized spacial score (nSPS) is 9.56. The van der Waals surface area contributed by atoms with Gasteiger partial charge in [-0.05, 0) is 19.8 Å². The molecule has 0 aromatic carbocycles. The smallest absolute Gasteiger partial charge is 0.103 e. The highest BCUT2D eigenvalue weighted by Crippen LogP contribution is 2.14. The Morgan fingerprint density at radius 1 is 1.11 bits per heavy atom. The molecule has 0 saturated heterocycles. The summed E-state index contributed by atoms with van der Waals surface area (Å²) in [6.45, 7) is 8.43. The average molecular weight is 249 g/mol. The zero-order valence-corrected chi connectivity index (χ0v) is 12.6. The molecule has 18 heavy (non-hydrogen) atoms. The van der Waals surface area contributed by atoms with E-state index in [1.54, 1.807) is 0 Å². The summed E-state index contributed by atoms with van der Waals surface area (Å²) in [7, 11) is 1.91. The molecule has 0 aliphatic rings. The molecule has 0 amide bonds. The van der Waals surface area contributed by atoms with Gasteiger partial charge in [-0.15, -0.1) is 0 Å². The second-order valence-corrected chi connectivity index (χ2v) is 4.60. The third-order valence-electron chi connectivity index (χ3n) is 2.97. The quantitative estimate of drug-likeness (QED) is 0.736. The second kappa shape index (κ2) is 9.70. The van der Waals surface area contributed by atoms with Gasteiger partial charge in [0.15, 0.2) is 0 Å². The minimum Gasteiger partial charge on any atom is -0.271 e. The zero-order chi connectivity index (χ0) is 14.0. The van der Waals surface area contributed by atoms with Crippen LogP contribution in [0.5, 0.6) is 0 Å². The van der Waals surface area contributed by atoms with E-state index in [1.165, 1.54) is 25.7 Å². The number of nitriles is 1. The Labute approximate surface area is 112 Å². The van der Waals surface area contributed by atoms with Gasteiger partial charge >= 0.3 is 0 Å². The average Bonchev–Trinajstić information content (AvgIpc) is 2.64. The van der Waals surface area contributed by atoms with E-state index in [1.807, 2.05) is 18.7 Å². The molecule has 1 heterocycles. The maximum Gasteiger partial charge on any atom is 0.103 e. The van der Waals surface area contributed by atoms with Gasteiger partial charge in [-0.3, -0.25) is 4.68 Å². The summed E-state index contributed by atoms with van der Waals surface area (Å²) in [6.07, 6.45) is 7.17. The van der Waals surface area contributed by atoms with Crippen LogP contribution in [0.1, 0.15) is 69.8 Å². The van der Waals surface area contributed by atoms with Crippen LogP contribution in [0.25, 0.3) is 0 Å². The van der Waals surface area contributed by atoms with Crippen LogP contribution in [-0.4, -0.2) is 9.78 Å². The molecule has 3 heteroatoms. The van der Waals surface area contributed by atoms with E-state index in [0.29, 0.717) is 0 Å². The Morgan fingerprint density at radius 3 is 2.17 bits per heavy atom. The van der Waals surface area contributed by atoms with Gasteiger partial charge in [0.25, 0.3) is 0 Å². The maximum absolute atomic E-state index is 8.97. The molecule has 0 radical (unpaired) electrons. The highest BCUT2D eigenvalue weighted by Gasteiger charge is 2.11. The van der Waals surface area contributed by atoms with E-state index < -0.39 is 0 Å². The number of aryl methyl sites for hydroxylation is 2. The molecule has 102 valence electrons. The van der Waals surface area contributed by atoms with Gasteiger partial charge in [0.05, 0.1) is 17.0 Å². The van der Waals surface area contributed by atoms with Crippen LogP contribution in [0.15, 0.2) is 0 Å². The molecule has 1 aromatic rings. The molecule has 0 spiro atoms. The Morgan fingerprint density at radius 2 is 1.72 bits per heavy atom. The van der Waals surface area contributed by atoms with Gasteiger partial charge in [0, 0.05) is 7.05 Å². The summed E-state index contributed by atoms with van der Waals surface area (Å²) in [5.41, 5.74) is 2.70. The van der Waals surface area contributed by atoms with Crippen LogP contribution in [0.3, 0.4) is 0 Å². The van der Waals surface area contributed by atoms with Crippen molar-refractivity contribution in [3.63, 3.8) is 0 Å². The molecule has 0 fully saturated rings. The lowest BCUT2D eigenvalue weighted by molar-refractivity contribution is 0.650. The first-order chi connectivity index (χ1) is 8.62. The SMILES string of the molecule is CCCC.CCCCCc1c(C#N)c(C)nn1C. The summed E-state index contributed by atoms with van der Waals surface area (Å²) in [6, 6.07) is 2.23. The van der Waals surface area contributed by atoms with Gasteiger partial charge in [0.2, 0.25) is 0 Å². The summed E-state index contributed by atoms with van der Waals surface area (Å²) >= 11 is 0. The summed E-state index contributed by atoms with van der Waals surface area (Å²) < 4.78 is 1.84. The zero-order valence-electron chi connectivity index (χ0n) is 12.6. The molecular formula is C15H27N3. The first-order valence-corrected chi connectivity index (χ1v) is 7.04. The maximum atomic E-state index is 8.97. The molecule has 0 bridgehead atoms. The molecule has 0 aliphatic carbocycles. The van der Waals surface area contributed by atoms with Crippen molar-refractivity contribution in [1.29, 1.82) is 5.26 Å². The van der Waals surface area contributed by atoms with E-state index in [0.717, 1.165) is 29.8 Å². The van der Waals surface area contributed by atoms with E-state index >= 15 is 0 Å². The van der Waals surface area contributed by atoms with Gasteiger partial charge < -0.3 is 0 Å². The van der Waals surface area contributed by atoms with E-state index in [4.69, 9.17) is 5.26 Å². The van der Waals surface area contributed by atoms with Crippen molar-refractivity contribution in [1.82, 2.24) is 9.78 Å². The molecule has 0 atom stereocenters. The number of aromatic nitrogens is 2. The molecular weight excluding hydrogens is 222 g/mol. The van der Waals surface area contributed by atoms with Crippen LogP contribution in [0.2, 0.25) is 0 Å². The third kappa shape index (κ3) is 5.35. The van der Waals surface area contributed by atoms with Gasteiger partial charge in [-0.1, -0.05) is 46.5 Å². The van der Waals surface area contributed by atoms with Crippen molar-refractivity contribution < 1.29 is 0 Å². The van der Waals surface area contributed by atoms with Crippen LogP contribution in [0, 0.1) is 18.3 Å². The Kier molecular flexibility index (Phi) is 9.00. The molecule has 1 aromatic heterocycles. The summed E-state index contributed by atoms with van der Waals surface area (Å²) in [4.78, 5) is 0. The van der Waals surface area contributed by atoms with E-state index in [2.05, 4.69) is 31.9 Å². The van der Waals surface area contributed by atoms with Crippen LogP contribution >= 0.6 is 0 Å². The highest BCUT2D eigenvalue weighted by atomic mass is 15.3. The monoisotopic (exact) mass is 249 g/mol. The molecule has 3 nitrogen and oxygen atoms in total. The Hall–Kier alpha value is -1.30. The lowest BCUT2D eigenvalue weighted by atomic mass is 10.1. The lowest BCUT2D eigenvalue weighted by Crippen LogP contribution is -1.99. The van der Waals surface area contributed by atoms with Gasteiger partial charge in [0.1, 0.15) is 6.07 Å². The first-order valence-electron chi connectivity index (χ1n) is 7.04. The topological polar surface area (TPSA) is 41.6 Å². The minimum atomic E-state index is 0.767. The number of hydrogen-bond donors (Lipinski definition) is 0. The van der Waals surface area contributed by atoms with E-state index in [9.17, 15) is 0 Å². The fraction of sp³-hybridized carbons (Fsp3) is 0.733. The van der Waals surface area contributed by atoms with E-state index in [-0.39, 0.29) is 0 Å². The lowest BCUT2D eigenvalue weighted by Gasteiger charge is -2.01. The van der Waals surface area contributed by atoms with Gasteiger partial charge in [-0.25, -0.2) is 0 Å². The van der Waals surface area contributed by atoms with Crippen molar-refractivity contribution in [3.8, 4) is 6.07 Å². The Balaban J connectivity index is 0.000000631. The first kappa shape index (κ1) is 16.7. The van der Waals surface area contributed by atoms with Crippen molar-refractivity contribution in [3.05, 3.63) is 17.0 Å². The fourth-order valence-electron chi connectivity index (χ4n) is 1.68. The largest absolute Gasteiger partial charge is 0.271 e. The van der Waals surface area contributed by atoms with Crippen molar-refractivity contribution >= 4 is 0 Å². The molecule has 0 saturated carbocycles. The Bertz CT molecular complexity index is 370. The van der Waals surface area contributed by atoms with Crippen LogP contribution < -0.4 is 0 Å². The van der Waals surface area contributed by atoms with Crippen LogP contribution in [0.4, 0.5) is 0 Å². The third-order valence-corrected chi connectivity index (χ3v) is 2.97. The predicted molar refractivity (Wildman–Crippen MR) is 76.5 cm³/mol. The number of rotatable bonds is 5. The fourth-order valence-corrected chi connectivity index (χ4v) is 1.68. The van der Waals surface area contributed by atoms with Crippen LogP contribution in [-0.2, 0) is 13.5 Å². The molecule has 0 unspecified atom stereocenters. The molecule has 1 rings (SSSR count). The predicted octanol–water partition coefficient (Wildman–Crippen LogP) is 4.14. The van der Waals surface area contributed by atoms with Crippen molar-refractivity contribution in [2.24, 2.45) is 7.05 Å². The standard InChI is InChI=1S/C11H17N3.C4H10/c1-4-5-6-7-11-10(8-12)9(2)13-14(11)3;1-3-4-2/h4-7H2,1-3H3;3-4H2,1-2H3.